The van der Waals surface area contributed by atoms with E-state index in [2.05, 4.69) is 15.2 Å². The average Bonchev–Trinajstić information content (AvgIpc) is 2.94. The quantitative estimate of drug-likeness (QED) is 0.852. The smallest absolute Gasteiger partial charge is 0.251 e. The van der Waals surface area contributed by atoms with Gasteiger partial charge in [-0.2, -0.15) is 0 Å². The highest BCUT2D eigenvalue weighted by atomic mass is 35.5. The minimum Gasteiger partial charge on any atom is -0.439 e. The number of ether oxygens (including phenoxy) is 1. The molecule has 0 spiro atoms. The molecule has 1 amide bonds. The summed E-state index contributed by atoms with van der Waals surface area (Å²) in [6, 6.07) is 12.5. The lowest BCUT2D eigenvalue weighted by molar-refractivity contribution is 0.0909. The first-order valence-corrected chi connectivity index (χ1v) is 8.97. The number of piperidine rings is 1. The van der Waals surface area contributed by atoms with Crippen LogP contribution >= 0.6 is 11.6 Å². The lowest BCUT2D eigenvalue weighted by Gasteiger charge is -2.30. The van der Waals surface area contributed by atoms with Crippen molar-refractivity contribution in [3.05, 3.63) is 53.2 Å². The summed E-state index contributed by atoms with van der Waals surface area (Å²) in [4.78, 5) is 19.0. The van der Waals surface area contributed by atoms with Gasteiger partial charge in [-0.15, -0.1) is 0 Å². The Bertz CT molecular complexity index is 754. The van der Waals surface area contributed by atoms with Crippen LogP contribution in [0.5, 0.6) is 11.6 Å². The summed E-state index contributed by atoms with van der Waals surface area (Å²) in [5, 5.41) is 3.54. The molecule has 25 heavy (non-hydrogen) atoms. The molecule has 1 aromatic heterocycles. The van der Waals surface area contributed by atoms with Crippen LogP contribution in [-0.4, -0.2) is 41.5 Å². The summed E-state index contributed by atoms with van der Waals surface area (Å²) in [6.07, 6.45) is 2.35. The highest BCUT2D eigenvalue weighted by molar-refractivity contribution is 6.29. The van der Waals surface area contributed by atoms with Gasteiger partial charge in [0.1, 0.15) is 10.9 Å². The molecule has 1 N–H and O–H groups in total. The van der Waals surface area contributed by atoms with Crippen LogP contribution < -0.4 is 10.1 Å². The first kappa shape index (κ1) is 16.4. The van der Waals surface area contributed by atoms with Crippen molar-refractivity contribution in [2.24, 2.45) is 5.92 Å². The third kappa shape index (κ3) is 3.94. The Hall–Kier alpha value is -2.11. The molecule has 0 aliphatic carbocycles. The summed E-state index contributed by atoms with van der Waals surface area (Å²) in [5.41, 5.74) is 0.638. The van der Waals surface area contributed by atoms with Gasteiger partial charge in [-0.3, -0.25) is 4.79 Å². The minimum absolute atomic E-state index is 0.0278. The molecule has 2 aliphatic heterocycles. The molecule has 3 heterocycles. The number of hydrogen-bond donors (Lipinski definition) is 1. The maximum Gasteiger partial charge on any atom is 0.251 e. The van der Waals surface area contributed by atoms with E-state index in [0.717, 1.165) is 18.9 Å². The number of benzene rings is 1. The summed E-state index contributed by atoms with van der Waals surface area (Å²) < 4.78 is 5.65. The Labute approximate surface area is 152 Å². The first-order valence-electron chi connectivity index (χ1n) is 8.59. The van der Waals surface area contributed by atoms with Gasteiger partial charge >= 0.3 is 0 Å². The standard InChI is InChI=1S/C19H20ClN3O2/c20-17-2-1-3-18(22-17)25-16-6-4-14(5-7-16)19(24)21-15-10-13-8-9-23(11-13)12-15/h1-7,13,15H,8-12H2,(H,21,24)/t13-,15+/m0/s1. The molecule has 2 aliphatic rings. The zero-order valence-corrected chi connectivity index (χ0v) is 14.6. The van der Waals surface area contributed by atoms with Crippen molar-refractivity contribution >= 4 is 17.5 Å². The van der Waals surface area contributed by atoms with Gasteiger partial charge in [-0.05, 0) is 55.6 Å². The second-order valence-electron chi connectivity index (χ2n) is 6.75. The Kier molecular flexibility index (Phi) is 4.59. The molecule has 2 aromatic rings. The lowest BCUT2D eigenvalue weighted by Crippen LogP contribution is -2.46. The second-order valence-corrected chi connectivity index (χ2v) is 7.13. The molecule has 130 valence electrons. The Morgan fingerprint density at radius 2 is 2.04 bits per heavy atom. The minimum atomic E-state index is -0.0278. The van der Waals surface area contributed by atoms with Crippen LogP contribution in [0.3, 0.4) is 0 Å². The van der Waals surface area contributed by atoms with Crippen molar-refractivity contribution in [2.75, 3.05) is 19.6 Å². The normalized spacial score (nSPS) is 24.8. The number of nitrogens with zero attached hydrogens (tertiary/aromatic N) is 2. The molecule has 1 aromatic carbocycles. The van der Waals surface area contributed by atoms with Crippen LogP contribution in [0.1, 0.15) is 23.2 Å². The fourth-order valence-corrected chi connectivity index (χ4v) is 3.83. The Morgan fingerprint density at radius 1 is 1.20 bits per heavy atom. The van der Waals surface area contributed by atoms with Gasteiger partial charge in [-0.25, -0.2) is 4.98 Å². The molecule has 2 saturated heterocycles. The number of pyridine rings is 1. The van der Waals surface area contributed by atoms with E-state index >= 15 is 0 Å². The number of halogens is 1. The van der Waals surface area contributed by atoms with Crippen molar-refractivity contribution in [1.29, 1.82) is 0 Å². The molecule has 5 nitrogen and oxygen atoms in total. The van der Waals surface area contributed by atoms with E-state index in [0.29, 0.717) is 22.3 Å². The zero-order valence-electron chi connectivity index (χ0n) is 13.8. The van der Waals surface area contributed by atoms with E-state index < -0.39 is 0 Å². The highest BCUT2D eigenvalue weighted by Crippen LogP contribution is 2.27. The number of nitrogens with one attached hydrogen (secondary N) is 1. The number of rotatable bonds is 4. The molecule has 3 atom stereocenters. The second kappa shape index (κ2) is 7.02. The van der Waals surface area contributed by atoms with Gasteiger partial charge in [0.2, 0.25) is 5.88 Å². The predicted molar refractivity (Wildman–Crippen MR) is 96.2 cm³/mol. The number of hydrogen-bond acceptors (Lipinski definition) is 4. The summed E-state index contributed by atoms with van der Waals surface area (Å²) in [5.74, 6) is 1.75. The summed E-state index contributed by atoms with van der Waals surface area (Å²) in [7, 11) is 0. The molecule has 1 unspecified atom stereocenters. The van der Waals surface area contributed by atoms with Gasteiger partial charge in [0, 0.05) is 30.8 Å². The predicted octanol–water partition coefficient (Wildman–Crippen LogP) is 3.35. The molecule has 6 heteroatoms. The topological polar surface area (TPSA) is 54.5 Å². The summed E-state index contributed by atoms with van der Waals surface area (Å²) >= 11 is 5.85. The van der Waals surface area contributed by atoms with Gasteiger partial charge in [0.25, 0.3) is 5.91 Å². The van der Waals surface area contributed by atoms with E-state index in [1.807, 2.05) is 0 Å². The zero-order chi connectivity index (χ0) is 17.2. The van der Waals surface area contributed by atoms with E-state index in [1.54, 1.807) is 42.5 Å². The number of fused-ring (bicyclic) bond motifs is 2. The van der Waals surface area contributed by atoms with E-state index in [-0.39, 0.29) is 11.9 Å². The molecular formula is C19H20ClN3O2. The highest BCUT2D eigenvalue weighted by Gasteiger charge is 2.32. The van der Waals surface area contributed by atoms with Gasteiger partial charge in [-0.1, -0.05) is 17.7 Å². The SMILES string of the molecule is O=C(N[C@@H]1C[C@@H]2CCN(C2)C1)c1ccc(Oc2cccc(Cl)n2)cc1. The van der Waals surface area contributed by atoms with Gasteiger partial charge in [0.15, 0.2) is 0 Å². The van der Waals surface area contributed by atoms with Crippen LogP contribution in [-0.2, 0) is 0 Å². The number of carbonyl (C=O) groups excluding carboxylic acids is 1. The molecule has 4 rings (SSSR count). The van der Waals surface area contributed by atoms with Gasteiger partial charge in [0.05, 0.1) is 0 Å². The van der Waals surface area contributed by atoms with Crippen LogP contribution in [0.25, 0.3) is 0 Å². The van der Waals surface area contributed by atoms with Gasteiger partial charge < -0.3 is 15.0 Å². The van der Waals surface area contributed by atoms with E-state index in [4.69, 9.17) is 16.3 Å². The van der Waals surface area contributed by atoms with E-state index in [9.17, 15) is 4.79 Å². The molecule has 2 fully saturated rings. The largest absolute Gasteiger partial charge is 0.439 e. The third-order valence-electron chi connectivity index (χ3n) is 4.83. The number of amides is 1. The summed E-state index contributed by atoms with van der Waals surface area (Å²) in [6.45, 7) is 3.32. The van der Waals surface area contributed by atoms with Crippen LogP contribution in [0.2, 0.25) is 5.15 Å². The molecule has 2 bridgehead atoms. The van der Waals surface area contributed by atoms with E-state index in [1.165, 1.54) is 19.5 Å². The number of aromatic nitrogens is 1. The molecule has 0 radical (unpaired) electrons. The van der Waals surface area contributed by atoms with Crippen molar-refractivity contribution in [3.63, 3.8) is 0 Å². The Balaban J connectivity index is 1.37. The maximum atomic E-state index is 12.5. The van der Waals surface area contributed by atoms with Crippen molar-refractivity contribution in [3.8, 4) is 11.6 Å². The van der Waals surface area contributed by atoms with Crippen LogP contribution in [0.15, 0.2) is 42.5 Å². The Morgan fingerprint density at radius 3 is 2.80 bits per heavy atom. The first-order chi connectivity index (χ1) is 12.2. The number of carbonyl (C=O) groups is 1. The fourth-order valence-electron chi connectivity index (χ4n) is 3.67. The molecule has 0 saturated carbocycles. The molecular weight excluding hydrogens is 338 g/mol. The average molecular weight is 358 g/mol. The third-order valence-corrected chi connectivity index (χ3v) is 5.04. The maximum absolute atomic E-state index is 12.5. The van der Waals surface area contributed by atoms with Crippen molar-refractivity contribution in [1.82, 2.24) is 15.2 Å². The lowest BCUT2D eigenvalue weighted by atomic mass is 9.96. The van der Waals surface area contributed by atoms with Crippen molar-refractivity contribution in [2.45, 2.75) is 18.9 Å². The monoisotopic (exact) mass is 357 g/mol. The fraction of sp³-hybridized carbons (Fsp3) is 0.368. The van der Waals surface area contributed by atoms with Crippen LogP contribution in [0.4, 0.5) is 0 Å². The van der Waals surface area contributed by atoms with Crippen LogP contribution in [0, 0.1) is 5.92 Å². The van der Waals surface area contributed by atoms with Crippen molar-refractivity contribution < 1.29 is 9.53 Å².